The molecule has 1 saturated heterocycles. The molecular formula is C12H16N6O3S2. The normalized spacial score (nSPS) is 17.5. The highest BCUT2D eigenvalue weighted by molar-refractivity contribution is 8.01. The molecule has 0 unspecified atom stereocenters. The highest BCUT2D eigenvalue weighted by atomic mass is 32.2. The van der Waals surface area contributed by atoms with Crippen molar-refractivity contribution in [1.82, 2.24) is 25.7 Å². The predicted octanol–water partition coefficient (Wildman–Crippen LogP) is 0.806. The molecule has 1 fully saturated rings. The Morgan fingerprint density at radius 3 is 3.13 bits per heavy atom. The van der Waals surface area contributed by atoms with Crippen molar-refractivity contribution in [1.29, 1.82) is 0 Å². The molecule has 11 heteroatoms. The van der Waals surface area contributed by atoms with E-state index < -0.39 is 0 Å². The lowest BCUT2D eigenvalue weighted by Crippen LogP contribution is -2.27. The Hall–Kier alpha value is -1.72. The Balaban J connectivity index is 1.36. The van der Waals surface area contributed by atoms with Gasteiger partial charge in [0.2, 0.25) is 11.0 Å². The number of thioether (sulfide) groups is 1. The summed E-state index contributed by atoms with van der Waals surface area (Å²) in [5.41, 5.74) is 5.48. The van der Waals surface area contributed by atoms with E-state index in [4.69, 9.17) is 15.0 Å². The van der Waals surface area contributed by atoms with Gasteiger partial charge in [0.05, 0.1) is 5.75 Å². The zero-order valence-corrected chi connectivity index (χ0v) is 13.9. The van der Waals surface area contributed by atoms with Crippen molar-refractivity contribution in [3.8, 4) is 0 Å². The van der Waals surface area contributed by atoms with Crippen molar-refractivity contribution in [3.63, 3.8) is 0 Å². The van der Waals surface area contributed by atoms with Gasteiger partial charge in [0.1, 0.15) is 6.10 Å². The fourth-order valence-electron chi connectivity index (χ4n) is 2.04. The summed E-state index contributed by atoms with van der Waals surface area (Å²) in [6.45, 7) is 1.18. The van der Waals surface area contributed by atoms with Gasteiger partial charge in [-0.05, 0) is 12.8 Å². The number of nitrogens with two attached hydrogens (primary N) is 1. The van der Waals surface area contributed by atoms with Crippen LogP contribution in [0.3, 0.4) is 0 Å². The van der Waals surface area contributed by atoms with Gasteiger partial charge in [-0.3, -0.25) is 4.79 Å². The van der Waals surface area contributed by atoms with Gasteiger partial charge in [0, 0.05) is 19.6 Å². The van der Waals surface area contributed by atoms with Crippen LogP contribution in [0, 0.1) is 0 Å². The van der Waals surface area contributed by atoms with Crippen molar-refractivity contribution in [2.75, 3.05) is 24.6 Å². The molecule has 3 N–H and O–H groups in total. The molecule has 0 radical (unpaired) electrons. The van der Waals surface area contributed by atoms with Gasteiger partial charge in [-0.25, -0.2) is 0 Å². The maximum absolute atomic E-state index is 11.7. The van der Waals surface area contributed by atoms with Crippen molar-refractivity contribution in [3.05, 3.63) is 11.7 Å². The van der Waals surface area contributed by atoms with E-state index in [1.165, 1.54) is 23.1 Å². The van der Waals surface area contributed by atoms with Crippen molar-refractivity contribution in [2.45, 2.75) is 29.7 Å². The summed E-state index contributed by atoms with van der Waals surface area (Å²) in [6.07, 6.45) is 2.35. The minimum atomic E-state index is -0.0911. The van der Waals surface area contributed by atoms with E-state index in [1.807, 2.05) is 0 Å². The SMILES string of the molecule is Nc1nnc(SCC(=O)NCCc2noc([C@H]3CCCO3)n2)s1. The molecule has 1 aliphatic heterocycles. The lowest BCUT2D eigenvalue weighted by molar-refractivity contribution is -0.118. The van der Waals surface area contributed by atoms with Crippen LogP contribution < -0.4 is 11.1 Å². The van der Waals surface area contributed by atoms with Crippen LogP contribution in [0.5, 0.6) is 0 Å². The van der Waals surface area contributed by atoms with E-state index in [1.54, 1.807) is 0 Å². The van der Waals surface area contributed by atoms with E-state index in [0.717, 1.165) is 19.4 Å². The summed E-state index contributed by atoms with van der Waals surface area (Å²) in [6, 6.07) is 0. The molecule has 1 aliphatic rings. The smallest absolute Gasteiger partial charge is 0.255 e. The molecule has 124 valence electrons. The predicted molar refractivity (Wildman–Crippen MR) is 84.0 cm³/mol. The quantitative estimate of drug-likeness (QED) is 0.692. The van der Waals surface area contributed by atoms with Crippen LogP contribution in [0.1, 0.15) is 30.7 Å². The first kappa shape index (κ1) is 16.1. The molecular weight excluding hydrogens is 340 g/mol. The van der Waals surface area contributed by atoms with E-state index in [-0.39, 0.29) is 17.8 Å². The Bertz CT molecular complexity index is 655. The van der Waals surface area contributed by atoms with Gasteiger partial charge in [-0.15, -0.1) is 10.2 Å². The van der Waals surface area contributed by atoms with Gasteiger partial charge in [-0.1, -0.05) is 28.3 Å². The van der Waals surface area contributed by atoms with Crippen LogP contribution >= 0.6 is 23.1 Å². The average Bonchev–Trinajstić information content (AvgIpc) is 3.26. The van der Waals surface area contributed by atoms with Gasteiger partial charge in [-0.2, -0.15) is 4.98 Å². The molecule has 0 bridgehead atoms. The molecule has 3 rings (SSSR count). The van der Waals surface area contributed by atoms with Crippen molar-refractivity contribution < 1.29 is 14.1 Å². The number of rotatable bonds is 7. The Kier molecular flexibility index (Phi) is 5.41. The summed E-state index contributed by atoms with van der Waals surface area (Å²) in [5, 5.41) is 14.6. The standard InChI is InChI=1S/C12H16N6O3S2/c13-11-16-17-12(23-11)22-6-9(19)14-4-3-8-15-10(21-18-8)7-2-1-5-20-7/h7H,1-6H2,(H2,13,16)(H,14,19)/t7-/m1/s1. The first-order valence-corrected chi connectivity index (χ1v) is 8.93. The van der Waals surface area contributed by atoms with Crippen molar-refractivity contribution in [2.24, 2.45) is 0 Å². The van der Waals surface area contributed by atoms with Crippen LogP contribution in [0.25, 0.3) is 0 Å². The van der Waals surface area contributed by atoms with Crippen LogP contribution in [0.2, 0.25) is 0 Å². The number of amides is 1. The Morgan fingerprint density at radius 2 is 2.39 bits per heavy atom. The molecule has 23 heavy (non-hydrogen) atoms. The van der Waals surface area contributed by atoms with Gasteiger partial charge >= 0.3 is 0 Å². The molecule has 3 heterocycles. The summed E-state index contributed by atoms with van der Waals surface area (Å²) < 4.78 is 11.3. The molecule has 1 atom stereocenters. The second-order valence-corrected chi connectivity index (χ2v) is 7.08. The number of nitrogen functional groups attached to an aromatic ring is 1. The van der Waals surface area contributed by atoms with Crippen LogP contribution in [0.4, 0.5) is 5.13 Å². The number of hydrogen-bond acceptors (Lipinski definition) is 10. The molecule has 2 aromatic rings. The third-order valence-electron chi connectivity index (χ3n) is 3.11. The fraction of sp³-hybridized carbons (Fsp3) is 0.583. The molecule has 0 spiro atoms. The highest BCUT2D eigenvalue weighted by Crippen LogP contribution is 2.27. The van der Waals surface area contributed by atoms with Crippen LogP contribution in [-0.4, -0.2) is 45.1 Å². The molecule has 0 saturated carbocycles. The average molecular weight is 356 g/mol. The largest absolute Gasteiger partial charge is 0.374 e. The topological polar surface area (TPSA) is 129 Å². The molecule has 0 aliphatic carbocycles. The number of carbonyl (C=O) groups is 1. The third kappa shape index (κ3) is 4.62. The first-order chi connectivity index (χ1) is 11.2. The third-order valence-corrected chi connectivity index (χ3v) is 4.99. The number of aromatic nitrogens is 4. The number of nitrogens with zero attached hydrogens (tertiary/aromatic N) is 4. The molecule has 0 aromatic carbocycles. The maximum atomic E-state index is 11.7. The molecule has 2 aromatic heterocycles. The number of hydrogen-bond donors (Lipinski definition) is 2. The van der Waals surface area contributed by atoms with E-state index in [9.17, 15) is 4.79 Å². The highest BCUT2D eigenvalue weighted by Gasteiger charge is 2.23. The number of carbonyl (C=O) groups excluding carboxylic acids is 1. The monoisotopic (exact) mass is 356 g/mol. The van der Waals surface area contributed by atoms with Crippen LogP contribution in [0.15, 0.2) is 8.86 Å². The summed E-state index contributed by atoms with van der Waals surface area (Å²) >= 11 is 2.56. The second-order valence-electron chi connectivity index (χ2n) is 4.85. The summed E-state index contributed by atoms with van der Waals surface area (Å²) in [7, 11) is 0. The molecule has 9 nitrogen and oxygen atoms in total. The van der Waals surface area contributed by atoms with Gasteiger partial charge in [0.25, 0.3) is 5.89 Å². The lowest BCUT2D eigenvalue weighted by atomic mass is 10.2. The van der Waals surface area contributed by atoms with E-state index >= 15 is 0 Å². The zero-order chi connectivity index (χ0) is 16.1. The van der Waals surface area contributed by atoms with Crippen molar-refractivity contribution >= 4 is 34.1 Å². The second kappa shape index (κ2) is 7.70. The Labute approximate surface area is 140 Å². The molecule has 1 amide bonds. The zero-order valence-electron chi connectivity index (χ0n) is 12.2. The van der Waals surface area contributed by atoms with Gasteiger partial charge < -0.3 is 20.3 Å². The Morgan fingerprint density at radius 1 is 1.48 bits per heavy atom. The van der Waals surface area contributed by atoms with E-state index in [2.05, 4.69) is 25.7 Å². The maximum Gasteiger partial charge on any atom is 0.255 e. The van der Waals surface area contributed by atoms with Crippen LogP contribution in [-0.2, 0) is 16.0 Å². The number of anilines is 1. The number of ether oxygens (including phenoxy) is 1. The minimum Gasteiger partial charge on any atom is -0.374 e. The summed E-state index contributed by atoms with van der Waals surface area (Å²) in [4.78, 5) is 16.0. The first-order valence-electron chi connectivity index (χ1n) is 7.13. The number of nitrogens with one attached hydrogen (secondary N) is 1. The summed E-state index contributed by atoms with van der Waals surface area (Å²) in [5.74, 6) is 1.27. The van der Waals surface area contributed by atoms with E-state index in [0.29, 0.717) is 34.2 Å². The fourth-order valence-corrected chi connectivity index (χ4v) is 3.51. The van der Waals surface area contributed by atoms with Gasteiger partial charge in [0.15, 0.2) is 10.2 Å². The lowest BCUT2D eigenvalue weighted by Gasteiger charge is -2.02. The minimum absolute atomic E-state index is 0.0819.